The molecule has 2 heterocycles. The largest absolute Gasteiger partial charge is 0.331 e. The van der Waals surface area contributed by atoms with E-state index in [1.807, 2.05) is 4.57 Å². The van der Waals surface area contributed by atoms with Crippen LogP contribution in [0.3, 0.4) is 0 Å². The Bertz CT molecular complexity index is 725. The zero-order valence-corrected chi connectivity index (χ0v) is 12.4. The quantitative estimate of drug-likeness (QED) is 0.659. The predicted octanol–water partition coefficient (Wildman–Crippen LogP) is 1.84. The molecule has 0 saturated heterocycles. The van der Waals surface area contributed by atoms with Crippen LogP contribution >= 0.6 is 0 Å². The van der Waals surface area contributed by atoms with Crippen molar-refractivity contribution in [1.82, 2.24) is 20.1 Å². The van der Waals surface area contributed by atoms with Gasteiger partial charge in [0.1, 0.15) is 5.82 Å². The summed E-state index contributed by atoms with van der Waals surface area (Å²) in [5, 5.41) is 24.1. The molecule has 0 aliphatic carbocycles. The van der Waals surface area contributed by atoms with Gasteiger partial charge in [0, 0.05) is 30.8 Å². The summed E-state index contributed by atoms with van der Waals surface area (Å²) in [7, 11) is 0. The monoisotopic (exact) mass is 316 g/mol. The van der Waals surface area contributed by atoms with Gasteiger partial charge in [-0.25, -0.2) is 4.79 Å². The molecule has 9 heteroatoms. The molecular formula is C14H16N6O3. The summed E-state index contributed by atoms with van der Waals surface area (Å²) in [4.78, 5) is 22.0. The number of hydrogen-bond donors (Lipinski definition) is 2. The van der Waals surface area contributed by atoms with Crippen LogP contribution in [0.25, 0.3) is 0 Å². The van der Waals surface area contributed by atoms with Gasteiger partial charge >= 0.3 is 6.03 Å². The number of aryl methyl sites for hydroxylation is 1. The highest BCUT2D eigenvalue weighted by Crippen LogP contribution is 2.16. The van der Waals surface area contributed by atoms with E-state index in [0.717, 1.165) is 37.5 Å². The summed E-state index contributed by atoms with van der Waals surface area (Å²) in [5.41, 5.74) is 0.461. The highest BCUT2D eigenvalue weighted by molar-refractivity contribution is 5.89. The van der Waals surface area contributed by atoms with Gasteiger partial charge in [-0.05, 0) is 25.0 Å². The Balaban J connectivity index is 1.55. The number of nitrogens with one attached hydrogen (secondary N) is 2. The summed E-state index contributed by atoms with van der Waals surface area (Å²) in [5.74, 6) is 1.70. The molecule has 0 fully saturated rings. The summed E-state index contributed by atoms with van der Waals surface area (Å²) >= 11 is 0. The molecule has 0 saturated carbocycles. The first-order chi connectivity index (χ1) is 11.1. The van der Waals surface area contributed by atoms with Crippen LogP contribution in [0.15, 0.2) is 24.3 Å². The highest BCUT2D eigenvalue weighted by atomic mass is 16.6. The molecule has 0 radical (unpaired) electrons. The number of anilines is 1. The van der Waals surface area contributed by atoms with E-state index in [9.17, 15) is 14.9 Å². The van der Waals surface area contributed by atoms with Crippen molar-refractivity contribution in [1.29, 1.82) is 0 Å². The Kier molecular flexibility index (Phi) is 4.18. The van der Waals surface area contributed by atoms with Crippen LogP contribution in [0, 0.1) is 10.1 Å². The molecule has 2 N–H and O–H groups in total. The van der Waals surface area contributed by atoms with Crippen LogP contribution < -0.4 is 10.6 Å². The fraction of sp³-hybridized carbons (Fsp3) is 0.357. The molecule has 1 aliphatic rings. The average molecular weight is 316 g/mol. The van der Waals surface area contributed by atoms with E-state index in [2.05, 4.69) is 20.8 Å². The Labute approximate surface area is 131 Å². The lowest BCUT2D eigenvalue weighted by molar-refractivity contribution is -0.384. The van der Waals surface area contributed by atoms with Gasteiger partial charge in [0.2, 0.25) is 0 Å². The SMILES string of the molecule is O=C(NCc1nnc2n1CCCC2)Nc1ccc([N+](=O)[O-])cc1. The van der Waals surface area contributed by atoms with Crippen LogP contribution in [0.5, 0.6) is 0 Å². The maximum atomic E-state index is 11.9. The van der Waals surface area contributed by atoms with Gasteiger partial charge < -0.3 is 15.2 Å². The van der Waals surface area contributed by atoms with Crippen molar-refractivity contribution in [3.8, 4) is 0 Å². The molecule has 2 aromatic rings. The summed E-state index contributed by atoms with van der Waals surface area (Å²) < 4.78 is 2.04. The minimum atomic E-state index is -0.488. The lowest BCUT2D eigenvalue weighted by Gasteiger charge is -2.15. The first kappa shape index (κ1) is 14.9. The van der Waals surface area contributed by atoms with E-state index >= 15 is 0 Å². The molecular weight excluding hydrogens is 300 g/mol. The van der Waals surface area contributed by atoms with Crippen molar-refractivity contribution in [3.63, 3.8) is 0 Å². The van der Waals surface area contributed by atoms with Crippen LogP contribution in [0.2, 0.25) is 0 Å². The lowest BCUT2D eigenvalue weighted by Crippen LogP contribution is -2.29. The first-order valence-corrected chi connectivity index (χ1v) is 7.34. The maximum Gasteiger partial charge on any atom is 0.319 e. The number of rotatable bonds is 4. The molecule has 1 aromatic carbocycles. The van der Waals surface area contributed by atoms with Gasteiger partial charge in [0.15, 0.2) is 5.82 Å². The number of carbonyl (C=O) groups excluding carboxylic acids is 1. The zero-order valence-electron chi connectivity index (χ0n) is 12.4. The average Bonchev–Trinajstić information content (AvgIpc) is 2.97. The van der Waals surface area contributed by atoms with E-state index < -0.39 is 11.0 Å². The topological polar surface area (TPSA) is 115 Å². The standard InChI is InChI=1S/C14H16N6O3/c21-14(16-10-4-6-11(7-5-10)20(22)23)15-9-13-18-17-12-3-1-2-8-19(12)13/h4-7H,1-3,8-9H2,(H2,15,16,21). The molecule has 9 nitrogen and oxygen atoms in total. The number of nitrogens with zero attached hydrogens (tertiary/aromatic N) is 4. The number of nitro groups is 1. The van der Waals surface area contributed by atoms with Gasteiger partial charge in [-0.1, -0.05) is 0 Å². The number of amides is 2. The third kappa shape index (κ3) is 3.44. The van der Waals surface area contributed by atoms with Gasteiger partial charge in [-0.15, -0.1) is 10.2 Å². The lowest BCUT2D eigenvalue weighted by atomic mass is 10.2. The molecule has 0 spiro atoms. The zero-order chi connectivity index (χ0) is 16.2. The van der Waals surface area contributed by atoms with Crippen LogP contribution in [0.4, 0.5) is 16.2 Å². The number of nitro benzene ring substituents is 1. The van der Waals surface area contributed by atoms with E-state index in [4.69, 9.17) is 0 Å². The van der Waals surface area contributed by atoms with Gasteiger partial charge in [-0.2, -0.15) is 0 Å². The summed E-state index contributed by atoms with van der Waals surface area (Å²) in [6.07, 6.45) is 3.13. The highest BCUT2D eigenvalue weighted by Gasteiger charge is 2.16. The van der Waals surface area contributed by atoms with Crippen molar-refractivity contribution in [2.24, 2.45) is 0 Å². The normalized spacial score (nSPS) is 13.2. The van der Waals surface area contributed by atoms with Crippen molar-refractivity contribution in [2.45, 2.75) is 32.4 Å². The summed E-state index contributed by atoms with van der Waals surface area (Å²) in [6, 6.07) is 5.24. The third-order valence-electron chi connectivity index (χ3n) is 3.68. The fourth-order valence-corrected chi connectivity index (χ4v) is 2.50. The molecule has 0 atom stereocenters. The second-order valence-corrected chi connectivity index (χ2v) is 5.25. The smallest absolute Gasteiger partial charge is 0.319 e. The van der Waals surface area contributed by atoms with Gasteiger partial charge in [0.25, 0.3) is 5.69 Å². The van der Waals surface area contributed by atoms with Crippen molar-refractivity contribution in [2.75, 3.05) is 5.32 Å². The Morgan fingerprint density at radius 2 is 2.04 bits per heavy atom. The van der Waals surface area contributed by atoms with E-state index in [1.54, 1.807) is 0 Å². The predicted molar refractivity (Wildman–Crippen MR) is 81.9 cm³/mol. The molecule has 0 bridgehead atoms. The van der Waals surface area contributed by atoms with E-state index in [0.29, 0.717) is 5.69 Å². The minimum Gasteiger partial charge on any atom is -0.331 e. The van der Waals surface area contributed by atoms with Crippen LogP contribution in [0.1, 0.15) is 24.5 Å². The Morgan fingerprint density at radius 3 is 2.78 bits per heavy atom. The number of aromatic nitrogens is 3. The molecule has 23 heavy (non-hydrogen) atoms. The fourth-order valence-electron chi connectivity index (χ4n) is 2.50. The third-order valence-corrected chi connectivity index (χ3v) is 3.68. The maximum absolute atomic E-state index is 11.9. The number of non-ortho nitro benzene ring substituents is 1. The number of urea groups is 1. The molecule has 1 aliphatic heterocycles. The first-order valence-electron chi connectivity index (χ1n) is 7.34. The Morgan fingerprint density at radius 1 is 1.26 bits per heavy atom. The Hall–Kier alpha value is -2.97. The second kappa shape index (κ2) is 6.42. The number of hydrogen-bond acceptors (Lipinski definition) is 5. The number of carbonyl (C=O) groups is 1. The van der Waals surface area contributed by atoms with E-state index in [-0.39, 0.29) is 12.2 Å². The molecule has 1 aromatic heterocycles. The van der Waals surface area contributed by atoms with Crippen molar-refractivity contribution < 1.29 is 9.72 Å². The second-order valence-electron chi connectivity index (χ2n) is 5.25. The van der Waals surface area contributed by atoms with Gasteiger partial charge in [0.05, 0.1) is 11.5 Å². The molecule has 120 valence electrons. The molecule has 0 unspecified atom stereocenters. The van der Waals surface area contributed by atoms with Crippen molar-refractivity contribution in [3.05, 3.63) is 46.0 Å². The minimum absolute atomic E-state index is 0.0222. The van der Waals surface area contributed by atoms with E-state index in [1.165, 1.54) is 24.3 Å². The van der Waals surface area contributed by atoms with Gasteiger partial charge in [-0.3, -0.25) is 10.1 Å². The van der Waals surface area contributed by atoms with Crippen LogP contribution in [-0.4, -0.2) is 25.7 Å². The molecule has 2 amide bonds. The van der Waals surface area contributed by atoms with Crippen molar-refractivity contribution >= 4 is 17.4 Å². The summed E-state index contributed by atoms with van der Waals surface area (Å²) in [6.45, 7) is 1.16. The number of benzene rings is 1. The van der Waals surface area contributed by atoms with Crippen LogP contribution in [-0.2, 0) is 19.5 Å². The molecule has 3 rings (SSSR count). The number of fused-ring (bicyclic) bond motifs is 1.